The zero-order chi connectivity index (χ0) is 9.73. The van der Waals surface area contributed by atoms with Crippen molar-refractivity contribution in [3.05, 3.63) is 0 Å². The predicted molar refractivity (Wildman–Crippen MR) is 48.2 cm³/mol. The van der Waals surface area contributed by atoms with Crippen LogP contribution in [0.5, 0.6) is 0 Å². The van der Waals surface area contributed by atoms with Crippen molar-refractivity contribution in [3.63, 3.8) is 0 Å². The molecule has 1 saturated carbocycles. The molecule has 0 aromatic rings. The molecular weight excluding hydrogens is 170 g/mol. The van der Waals surface area contributed by atoms with Gasteiger partial charge in [-0.2, -0.15) is 0 Å². The van der Waals surface area contributed by atoms with Gasteiger partial charge in [0, 0.05) is 0 Å². The van der Waals surface area contributed by atoms with Crippen molar-refractivity contribution < 1.29 is 14.6 Å². The van der Waals surface area contributed by atoms with Crippen molar-refractivity contribution >= 4 is 6.09 Å². The summed E-state index contributed by atoms with van der Waals surface area (Å²) in [4.78, 5) is 11.0. The molecule has 0 unspecified atom stereocenters. The van der Waals surface area contributed by atoms with Crippen LogP contribution in [0.1, 0.15) is 39.0 Å². The van der Waals surface area contributed by atoms with E-state index in [1.165, 1.54) is 0 Å². The van der Waals surface area contributed by atoms with Gasteiger partial charge in [-0.1, -0.05) is 6.42 Å². The third-order valence-corrected chi connectivity index (χ3v) is 2.29. The Morgan fingerprint density at radius 1 is 1.46 bits per heavy atom. The van der Waals surface area contributed by atoms with E-state index in [0.29, 0.717) is 19.4 Å². The third kappa shape index (κ3) is 3.22. The zero-order valence-corrected chi connectivity index (χ0v) is 8.01. The van der Waals surface area contributed by atoms with E-state index in [4.69, 9.17) is 4.74 Å². The van der Waals surface area contributed by atoms with Crippen LogP contribution in [0, 0.1) is 0 Å². The lowest BCUT2D eigenvalue weighted by molar-refractivity contribution is -0.0257. The van der Waals surface area contributed by atoms with E-state index in [0.717, 1.165) is 19.3 Å². The molecule has 1 amide bonds. The molecule has 76 valence electrons. The lowest BCUT2D eigenvalue weighted by Crippen LogP contribution is -2.49. The number of aliphatic hydroxyl groups is 1. The summed E-state index contributed by atoms with van der Waals surface area (Å²) in [5, 5.41) is 12.3. The molecule has 0 spiro atoms. The summed E-state index contributed by atoms with van der Waals surface area (Å²) in [6.45, 7) is 2.08. The summed E-state index contributed by atoms with van der Waals surface area (Å²) in [5.41, 5.74) is -1.02. The summed E-state index contributed by atoms with van der Waals surface area (Å²) in [5.74, 6) is 0. The maximum Gasteiger partial charge on any atom is 0.409 e. The van der Waals surface area contributed by atoms with Crippen LogP contribution >= 0.6 is 0 Å². The van der Waals surface area contributed by atoms with Crippen molar-refractivity contribution in [2.45, 2.75) is 44.8 Å². The number of rotatable bonds is 2. The molecule has 0 aromatic heterocycles. The molecular formula is C9H17NO3. The van der Waals surface area contributed by atoms with E-state index in [-0.39, 0.29) is 0 Å². The van der Waals surface area contributed by atoms with Crippen LogP contribution in [0.4, 0.5) is 4.79 Å². The Kier molecular flexibility index (Phi) is 3.54. The molecule has 13 heavy (non-hydrogen) atoms. The molecule has 0 atom stereocenters. The standard InChI is InChI=1S/C9H17NO3/c1-2-13-8(11)10-9(12)6-4-3-5-7-9/h12H,2-7H2,1H3,(H,10,11). The molecule has 0 saturated heterocycles. The Balaban J connectivity index is 2.36. The second-order valence-electron chi connectivity index (χ2n) is 3.44. The van der Waals surface area contributed by atoms with Crippen LogP contribution < -0.4 is 5.32 Å². The highest BCUT2D eigenvalue weighted by atomic mass is 16.6. The molecule has 4 heteroatoms. The molecule has 1 aliphatic carbocycles. The quantitative estimate of drug-likeness (QED) is 0.642. The van der Waals surface area contributed by atoms with Crippen LogP contribution in [0.15, 0.2) is 0 Å². The molecule has 1 aliphatic rings. The van der Waals surface area contributed by atoms with Crippen molar-refractivity contribution in [2.24, 2.45) is 0 Å². The van der Waals surface area contributed by atoms with E-state index in [1.807, 2.05) is 0 Å². The highest BCUT2D eigenvalue weighted by Gasteiger charge is 2.30. The third-order valence-electron chi connectivity index (χ3n) is 2.29. The molecule has 0 bridgehead atoms. The molecule has 0 aromatic carbocycles. The summed E-state index contributed by atoms with van der Waals surface area (Å²) in [7, 11) is 0. The fraction of sp³-hybridized carbons (Fsp3) is 0.889. The lowest BCUT2D eigenvalue weighted by atomic mass is 9.92. The van der Waals surface area contributed by atoms with E-state index in [1.54, 1.807) is 6.92 Å². The maximum absolute atomic E-state index is 11.0. The van der Waals surface area contributed by atoms with Crippen LogP contribution in [0.2, 0.25) is 0 Å². The van der Waals surface area contributed by atoms with Gasteiger partial charge >= 0.3 is 6.09 Å². The highest BCUT2D eigenvalue weighted by Crippen LogP contribution is 2.25. The van der Waals surface area contributed by atoms with E-state index < -0.39 is 11.8 Å². The SMILES string of the molecule is CCOC(=O)NC1(O)CCCCC1. The fourth-order valence-electron chi connectivity index (χ4n) is 1.62. The number of nitrogens with one attached hydrogen (secondary N) is 1. The van der Waals surface area contributed by atoms with Gasteiger partial charge in [-0.3, -0.25) is 5.32 Å². The molecule has 0 heterocycles. The Labute approximate surface area is 78.3 Å². The second-order valence-corrected chi connectivity index (χ2v) is 3.44. The first kappa shape index (κ1) is 10.3. The Hall–Kier alpha value is -0.770. The first-order valence-electron chi connectivity index (χ1n) is 4.83. The van der Waals surface area contributed by atoms with Crippen molar-refractivity contribution in [3.8, 4) is 0 Å². The number of amides is 1. The van der Waals surface area contributed by atoms with Crippen LogP contribution in [-0.2, 0) is 4.74 Å². The van der Waals surface area contributed by atoms with Crippen LogP contribution in [-0.4, -0.2) is 23.5 Å². The largest absolute Gasteiger partial charge is 0.450 e. The number of alkyl carbamates (subject to hydrolysis) is 1. The number of ether oxygens (including phenoxy) is 1. The predicted octanol–water partition coefficient (Wildman–Crippen LogP) is 1.39. The second kappa shape index (κ2) is 4.46. The summed E-state index contributed by atoms with van der Waals surface area (Å²) < 4.78 is 4.70. The smallest absolute Gasteiger partial charge is 0.409 e. The highest BCUT2D eigenvalue weighted by molar-refractivity contribution is 5.67. The molecule has 1 fully saturated rings. The van der Waals surface area contributed by atoms with E-state index in [2.05, 4.69) is 5.32 Å². The van der Waals surface area contributed by atoms with Crippen molar-refractivity contribution in [2.75, 3.05) is 6.61 Å². The number of carbonyl (C=O) groups excluding carboxylic acids is 1. The number of hydrogen-bond acceptors (Lipinski definition) is 3. The van der Waals surface area contributed by atoms with Crippen molar-refractivity contribution in [1.29, 1.82) is 0 Å². The molecule has 4 nitrogen and oxygen atoms in total. The van der Waals surface area contributed by atoms with Gasteiger partial charge in [0.1, 0.15) is 5.72 Å². The minimum atomic E-state index is -1.02. The lowest BCUT2D eigenvalue weighted by Gasteiger charge is -2.32. The van der Waals surface area contributed by atoms with E-state index >= 15 is 0 Å². The maximum atomic E-state index is 11.0. The minimum Gasteiger partial charge on any atom is -0.450 e. The van der Waals surface area contributed by atoms with Gasteiger partial charge < -0.3 is 9.84 Å². The Bertz CT molecular complexity index is 176. The normalized spacial score (nSPS) is 20.8. The molecule has 0 aliphatic heterocycles. The van der Waals surface area contributed by atoms with Gasteiger partial charge in [0.15, 0.2) is 0 Å². The molecule has 2 N–H and O–H groups in total. The van der Waals surface area contributed by atoms with Crippen molar-refractivity contribution in [1.82, 2.24) is 5.32 Å². The average molecular weight is 187 g/mol. The first-order valence-corrected chi connectivity index (χ1v) is 4.83. The van der Waals surface area contributed by atoms with E-state index in [9.17, 15) is 9.90 Å². The average Bonchev–Trinajstić information content (AvgIpc) is 2.04. The molecule has 1 rings (SSSR count). The van der Waals surface area contributed by atoms with Gasteiger partial charge in [0.2, 0.25) is 0 Å². The van der Waals surface area contributed by atoms with Gasteiger partial charge in [0.05, 0.1) is 6.61 Å². The van der Waals surface area contributed by atoms with Crippen LogP contribution in [0.3, 0.4) is 0 Å². The van der Waals surface area contributed by atoms with Gasteiger partial charge in [-0.25, -0.2) is 4.79 Å². The van der Waals surface area contributed by atoms with Gasteiger partial charge in [-0.15, -0.1) is 0 Å². The number of hydrogen-bond donors (Lipinski definition) is 2. The zero-order valence-electron chi connectivity index (χ0n) is 8.01. The minimum absolute atomic E-state index is 0.335. The van der Waals surface area contributed by atoms with Gasteiger partial charge in [-0.05, 0) is 32.6 Å². The Morgan fingerprint density at radius 2 is 2.08 bits per heavy atom. The number of carbonyl (C=O) groups is 1. The summed E-state index contributed by atoms with van der Waals surface area (Å²) in [6, 6.07) is 0. The first-order chi connectivity index (χ1) is 6.16. The Morgan fingerprint density at radius 3 is 2.62 bits per heavy atom. The molecule has 0 radical (unpaired) electrons. The fourth-order valence-corrected chi connectivity index (χ4v) is 1.62. The topological polar surface area (TPSA) is 58.6 Å². The van der Waals surface area contributed by atoms with Gasteiger partial charge in [0.25, 0.3) is 0 Å². The summed E-state index contributed by atoms with van der Waals surface area (Å²) in [6.07, 6.45) is 3.79. The monoisotopic (exact) mass is 187 g/mol. The van der Waals surface area contributed by atoms with Crippen LogP contribution in [0.25, 0.3) is 0 Å². The summed E-state index contributed by atoms with van der Waals surface area (Å²) >= 11 is 0.